The van der Waals surface area contributed by atoms with Gasteiger partial charge in [-0.05, 0) is 30.5 Å². The summed E-state index contributed by atoms with van der Waals surface area (Å²) in [6.07, 6.45) is 4.23. The fourth-order valence-electron chi connectivity index (χ4n) is 2.71. The standard InChI is InChI=1S/C19H19N5/c20-19-23-17(15-6-7-15)11-18(24-19)22-12-13-8-9-21-16(10-13)14-4-2-1-3-5-14/h1-5,8-11,15H,6-7,12H2,(H3,20,22,23,24). The van der Waals surface area contributed by atoms with Gasteiger partial charge in [-0.15, -0.1) is 0 Å². The molecule has 1 aromatic carbocycles. The van der Waals surface area contributed by atoms with Gasteiger partial charge >= 0.3 is 0 Å². The maximum absolute atomic E-state index is 5.82. The molecule has 0 atom stereocenters. The van der Waals surface area contributed by atoms with Gasteiger partial charge in [0.15, 0.2) is 0 Å². The van der Waals surface area contributed by atoms with Crippen LogP contribution >= 0.6 is 0 Å². The Balaban J connectivity index is 1.50. The monoisotopic (exact) mass is 317 g/mol. The zero-order chi connectivity index (χ0) is 16.4. The van der Waals surface area contributed by atoms with Gasteiger partial charge in [-0.3, -0.25) is 4.98 Å². The van der Waals surface area contributed by atoms with E-state index in [1.54, 1.807) is 0 Å². The van der Waals surface area contributed by atoms with Crippen LogP contribution in [-0.2, 0) is 6.54 Å². The number of nitrogens with two attached hydrogens (primary N) is 1. The van der Waals surface area contributed by atoms with Crippen molar-refractivity contribution in [3.8, 4) is 11.3 Å². The van der Waals surface area contributed by atoms with Crippen molar-refractivity contribution < 1.29 is 0 Å². The molecule has 0 unspecified atom stereocenters. The van der Waals surface area contributed by atoms with Crippen LogP contribution in [0.3, 0.4) is 0 Å². The summed E-state index contributed by atoms with van der Waals surface area (Å²) in [6, 6.07) is 16.3. The highest BCUT2D eigenvalue weighted by Crippen LogP contribution is 2.39. The third-order valence-electron chi connectivity index (χ3n) is 4.13. The molecule has 5 heteroatoms. The van der Waals surface area contributed by atoms with E-state index in [1.165, 1.54) is 12.8 Å². The average molecular weight is 317 g/mol. The third-order valence-corrected chi connectivity index (χ3v) is 4.13. The molecule has 4 rings (SSSR count). The Morgan fingerprint density at radius 2 is 1.88 bits per heavy atom. The molecule has 0 saturated heterocycles. The molecule has 1 fully saturated rings. The van der Waals surface area contributed by atoms with Gasteiger partial charge in [-0.2, -0.15) is 4.98 Å². The van der Waals surface area contributed by atoms with Crippen LogP contribution in [0.2, 0.25) is 0 Å². The highest BCUT2D eigenvalue weighted by molar-refractivity contribution is 5.59. The number of rotatable bonds is 5. The van der Waals surface area contributed by atoms with E-state index < -0.39 is 0 Å². The first-order valence-electron chi connectivity index (χ1n) is 8.16. The quantitative estimate of drug-likeness (QED) is 0.751. The van der Waals surface area contributed by atoms with Crippen molar-refractivity contribution in [2.75, 3.05) is 11.1 Å². The van der Waals surface area contributed by atoms with E-state index in [0.29, 0.717) is 18.4 Å². The van der Waals surface area contributed by atoms with Crippen molar-refractivity contribution in [3.63, 3.8) is 0 Å². The molecule has 1 aliphatic carbocycles. The van der Waals surface area contributed by atoms with Crippen LogP contribution in [0.25, 0.3) is 11.3 Å². The summed E-state index contributed by atoms with van der Waals surface area (Å²) in [7, 11) is 0. The Morgan fingerprint density at radius 3 is 2.67 bits per heavy atom. The lowest BCUT2D eigenvalue weighted by Crippen LogP contribution is -2.06. The van der Waals surface area contributed by atoms with Gasteiger partial charge < -0.3 is 11.1 Å². The van der Waals surface area contributed by atoms with Gasteiger partial charge in [0.1, 0.15) is 5.82 Å². The zero-order valence-electron chi connectivity index (χ0n) is 13.3. The summed E-state index contributed by atoms with van der Waals surface area (Å²) in [5.41, 5.74) is 10.1. The van der Waals surface area contributed by atoms with E-state index in [2.05, 4.69) is 38.5 Å². The topological polar surface area (TPSA) is 76.7 Å². The minimum absolute atomic E-state index is 0.335. The molecule has 3 aromatic rings. The molecular weight excluding hydrogens is 298 g/mol. The van der Waals surface area contributed by atoms with E-state index in [4.69, 9.17) is 5.73 Å². The molecule has 24 heavy (non-hydrogen) atoms. The predicted octanol–water partition coefficient (Wildman–Crippen LogP) is 3.61. The molecule has 0 amide bonds. The highest BCUT2D eigenvalue weighted by atomic mass is 15.1. The van der Waals surface area contributed by atoms with Crippen LogP contribution in [0.4, 0.5) is 11.8 Å². The zero-order valence-corrected chi connectivity index (χ0v) is 13.3. The first kappa shape index (κ1) is 14.6. The van der Waals surface area contributed by atoms with Crippen molar-refractivity contribution in [2.45, 2.75) is 25.3 Å². The molecule has 1 saturated carbocycles. The maximum Gasteiger partial charge on any atom is 0.222 e. The Morgan fingerprint density at radius 1 is 1.04 bits per heavy atom. The number of anilines is 2. The van der Waals surface area contributed by atoms with Crippen LogP contribution < -0.4 is 11.1 Å². The normalized spacial score (nSPS) is 13.7. The second-order valence-corrected chi connectivity index (χ2v) is 6.08. The maximum atomic E-state index is 5.82. The van der Waals surface area contributed by atoms with Gasteiger partial charge in [-0.1, -0.05) is 30.3 Å². The fraction of sp³-hybridized carbons (Fsp3) is 0.211. The number of pyridine rings is 1. The third kappa shape index (κ3) is 3.35. The van der Waals surface area contributed by atoms with Gasteiger partial charge in [0, 0.05) is 30.3 Å². The summed E-state index contributed by atoms with van der Waals surface area (Å²) in [5, 5.41) is 3.34. The first-order valence-corrected chi connectivity index (χ1v) is 8.16. The molecule has 0 radical (unpaired) electrons. The van der Waals surface area contributed by atoms with Gasteiger partial charge in [0.2, 0.25) is 5.95 Å². The lowest BCUT2D eigenvalue weighted by atomic mass is 10.1. The SMILES string of the molecule is Nc1nc(NCc2ccnc(-c3ccccc3)c2)cc(C2CC2)n1. The summed E-state index contributed by atoms with van der Waals surface area (Å²) in [6.45, 7) is 0.670. The summed E-state index contributed by atoms with van der Waals surface area (Å²) in [4.78, 5) is 13.1. The van der Waals surface area contributed by atoms with E-state index in [1.807, 2.05) is 36.5 Å². The largest absolute Gasteiger partial charge is 0.368 e. The van der Waals surface area contributed by atoms with E-state index in [9.17, 15) is 0 Å². The van der Waals surface area contributed by atoms with Crippen molar-refractivity contribution >= 4 is 11.8 Å². The van der Waals surface area contributed by atoms with Crippen LogP contribution in [-0.4, -0.2) is 15.0 Å². The van der Waals surface area contributed by atoms with Crippen molar-refractivity contribution in [1.29, 1.82) is 0 Å². The Bertz CT molecular complexity index is 843. The molecule has 120 valence electrons. The van der Waals surface area contributed by atoms with E-state index in [0.717, 1.165) is 28.3 Å². The number of benzene rings is 1. The summed E-state index contributed by atoms with van der Waals surface area (Å²) in [5.74, 6) is 1.67. The minimum atomic E-state index is 0.335. The summed E-state index contributed by atoms with van der Waals surface area (Å²) >= 11 is 0. The van der Waals surface area contributed by atoms with Gasteiger partial charge in [-0.25, -0.2) is 4.98 Å². The molecule has 2 aromatic heterocycles. The highest BCUT2D eigenvalue weighted by Gasteiger charge is 2.25. The molecule has 1 aliphatic rings. The number of hydrogen-bond donors (Lipinski definition) is 2. The summed E-state index contributed by atoms with van der Waals surface area (Å²) < 4.78 is 0. The van der Waals surface area contributed by atoms with Crippen molar-refractivity contribution in [1.82, 2.24) is 15.0 Å². The van der Waals surface area contributed by atoms with Crippen LogP contribution in [0.15, 0.2) is 54.7 Å². The lowest BCUT2D eigenvalue weighted by Gasteiger charge is -2.09. The number of nitrogens with zero attached hydrogens (tertiary/aromatic N) is 3. The Kier molecular flexibility index (Phi) is 3.83. The molecule has 3 N–H and O–H groups in total. The van der Waals surface area contributed by atoms with Crippen molar-refractivity contribution in [2.24, 2.45) is 0 Å². The second-order valence-electron chi connectivity index (χ2n) is 6.08. The number of nitrogens with one attached hydrogen (secondary N) is 1. The molecule has 2 heterocycles. The van der Waals surface area contributed by atoms with Crippen molar-refractivity contribution in [3.05, 3.63) is 66.0 Å². The molecule has 0 aliphatic heterocycles. The number of nitrogen functional groups attached to an aromatic ring is 1. The van der Waals surface area contributed by atoms with Crippen LogP contribution in [0, 0.1) is 0 Å². The Hall–Kier alpha value is -2.95. The molecule has 0 spiro atoms. The minimum Gasteiger partial charge on any atom is -0.368 e. The number of hydrogen-bond acceptors (Lipinski definition) is 5. The van der Waals surface area contributed by atoms with Gasteiger partial charge in [0.05, 0.1) is 11.4 Å². The van der Waals surface area contributed by atoms with E-state index in [-0.39, 0.29) is 0 Å². The number of aromatic nitrogens is 3. The molecule has 5 nitrogen and oxygen atoms in total. The molecule has 0 bridgehead atoms. The van der Waals surface area contributed by atoms with Gasteiger partial charge in [0.25, 0.3) is 0 Å². The molecular formula is C19H19N5. The lowest BCUT2D eigenvalue weighted by molar-refractivity contribution is 0.986. The average Bonchev–Trinajstić information content (AvgIpc) is 3.46. The smallest absolute Gasteiger partial charge is 0.222 e. The van der Waals surface area contributed by atoms with Crippen LogP contribution in [0.5, 0.6) is 0 Å². The van der Waals surface area contributed by atoms with Crippen LogP contribution in [0.1, 0.15) is 30.0 Å². The second kappa shape index (κ2) is 6.28. The fourth-order valence-corrected chi connectivity index (χ4v) is 2.71. The Labute approximate surface area is 141 Å². The van der Waals surface area contributed by atoms with E-state index >= 15 is 0 Å². The first-order chi connectivity index (χ1) is 11.8. The predicted molar refractivity (Wildman–Crippen MR) is 95.4 cm³/mol.